The third-order valence-corrected chi connectivity index (χ3v) is 5.10. The summed E-state index contributed by atoms with van der Waals surface area (Å²) in [6.45, 7) is 0. The molecule has 0 spiro atoms. The molecule has 6 rings (SSSR count). The molecule has 6 heterocycles. The first kappa shape index (κ1) is 23.8. The van der Waals surface area contributed by atoms with Crippen molar-refractivity contribution in [2.75, 3.05) is 0 Å². The number of aromatic nitrogens is 6. The summed E-state index contributed by atoms with van der Waals surface area (Å²) in [5.41, 5.74) is 7.38. The SMILES string of the molecule is [Cu+2].c1ccc(-c2cc[n-]c2-c2ccccn2)nc1.c1ccc(-c2cc[n-]c2-c2ccccn2)nc1. The Hall–Kier alpha value is -4.32. The largest absolute Gasteiger partial charge is 2.00 e. The summed E-state index contributed by atoms with van der Waals surface area (Å²) in [5, 5.41) is 0. The van der Waals surface area contributed by atoms with Crippen LogP contribution >= 0.6 is 0 Å². The smallest absolute Gasteiger partial charge is 0.662 e. The second kappa shape index (κ2) is 11.7. The van der Waals surface area contributed by atoms with Crippen molar-refractivity contribution in [3.05, 3.63) is 122 Å². The molecule has 6 nitrogen and oxygen atoms in total. The van der Waals surface area contributed by atoms with E-state index in [0.717, 1.165) is 45.3 Å². The summed E-state index contributed by atoms with van der Waals surface area (Å²) in [4.78, 5) is 26.0. The Kier molecular flexibility index (Phi) is 7.96. The van der Waals surface area contributed by atoms with Crippen molar-refractivity contribution in [2.45, 2.75) is 0 Å². The molecule has 35 heavy (non-hydrogen) atoms. The minimum Gasteiger partial charge on any atom is -0.662 e. The van der Waals surface area contributed by atoms with E-state index in [1.807, 2.05) is 84.9 Å². The van der Waals surface area contributed by atoms with Crippen LogP contribution in [-0.2, 0) is 17.1 Å². The van der Waals surface area contributed by atoms with Crippen LogP contribution in [-0.4, -0.2) is 19.9 Å². The minimum atomic E-state index is 0. The summed E-state index contributed by atoms with van der Waals surface area (Å²) in [7, 11) is 0. The van der Waals surface area contributed by atoms with Gasteiger partial charge in [0.2, 0.25) is 0 Å². The van der Waals surface area contributed by atoms with Crippen molar-refractivity contribution in [3.8, 4) is 45.3 Å². The van der Waals surface area contributed by atoms with Crippen LogP contribution in [0.25, 0.3) is 45.3 Å². The number of nitrogens with zero attached hydrogens (tertiary/aromatic N) is 6. The maximum atomic E-state index is 4.36. The quantitative estimate of drug-likeness (QED) is 0.294. The number of pyridine rings is 4. The molecule has 0 aromatic carbocycles. The summed E-state index contributed by atoms with van der Waals surface area (Å²) in [5.74, 6) is 0. The molecule has 7 heteroatoms. The fourth-order valence-electron chi connectivity index (χ4n) is 3.54. The first-order valence-electron chi connectivity index (χ1n) is 10.8. The van der Waals surface area contributed by atoms with Gasteiger partial charge in [-0.05, 0) is 59.7 Å². The first-order valence-corrected chi connectivity index (χ1v) is 10.8. The summed E-state index contributed by atoms with van der Waals surface area (Å²) < 4.78 is 0. The molecule has 1 radical (unpaired) electrons. The van der Waals surface area contributed by atoms with E-state index in [1.54, 1.807) is 37.2 Å². The van der Waals surface area contributed by atoms with E-state index in [0.29, 0.717) is 0 Å². The van der Waals surface area contributed by atoms with Crippen LogP contribution in [0.2, 0.25) is 0 Å². The van der Waals surface area contributed by atoms with E-state index in [1.165, 1.54) is 0 Å². The fraction of sp³-hybridized carbons (Fsp3) is 0. The second-order valence-electron chi connectivity index (χ2n) is 7.27. The average Bonchev–Trinajstić information content (AvgIpc) is 3.62. The number of rotatable bonds is 4. The van der Waals surface area contributed by atoms with Gasteiger partial charge < -0.3 is 9.97 Å². The van der Waals surface area contributed by atoms with E-state index >= 15 is 0 Å². The van der Waals surface area contributed by atoms with Gasteiger partial charge in [0.1, 0.15) is 0 Å². The minimum absolute atomic E-state index is 0. The molecule has 0 aliphatic rings. The Balaban J connectivity index is 0.000000160. The molecule has 6 aromatic heterocycles. The van der Waals surface area contributed by atoms with Crippen molar-refractivity contribution in [1.29, 1.82) is 0 Å². The molecule has 0 fully saturated rings. The van der Waals surface area contributed by atoms with Gasteiger partial charge >= 0.3 is 17.1 Å². The maximum absolute atomic E-state index is 4.36. The Bertz CT molecular complexity index is 1210. The number of hydrogen-bond donors (Lipinski definition) is 0. The standard InChI is InChI=1S/2C14H10N3.Cu/c2*1-3-8-15-12(5-1)11-7-10-17-14(11)13-6-2-4-9-16-13;/h2*1-10H;/q2*-1;+2. The average molecular weight is 504 g/mol. The molecular formula is C28H20CuN6. The van der Waals surface area contributed by atoms with E-state index in [9.17, 15) is 0 Å². The van der Waals surface area contributed by atoms with Crippen LogP contribution in [0.5, 0.6) is 0 Å². The van der Waals surface area contributed by atoms with Gasteiger partial charge in [-0.25, -0.2) is 0 Å². The van der Waals surface area contributed by atoms with Crippen molar-refractivity contribution in [1.82, 2.24) is 29.9 Å². The van der Waals surface area contributed by atoms with Gasteiger partial charge in [0.15, 0.2) is 0 Å². The van der Waals surface area contributed by atoms with Gasteiger partial charge in [-0.1, -0.05) is 36.4 Å². The Morgan fingerprint density at radius 2 is 0.743 bits per heavy atom. The zero-order valence-electron chi connectivity index (χ0n) is 18.5. The molecule has 0 unspecified atom stereocenters. The topological polar surface area (TPSA) is 79.8 Å². The Morgan fingerprint density at radius 1 is 0.400 bits per heavy atom. The van der Waals surface area contributed by atoms with E-state index in [2.05, 4.69) is 29.9 Å². The Morgan fingerprint density at radius 3 is 1.06 bits per heavy atom. The summed E-state index contributed by atoms with van der Waals surface area (Å²) in [6, 6.07) is 27.2. The summed E-state index contributed by atoms with van der Waals surface area (Å²) in [6.07, 6.45) is 10.7. The van der Waals surface area contributed by atoms with Gasteiger partial charge in [-0.3, -0.25) is 19.9 Å². The van der Waals surface area contributed by atoms with E-state index in [4.69, 9.17) is 0 Å². The Labute approximate surface area is 214 Å². The van der Waals surface area contributed by atoms with Gasteiger partial charge in [0.25, 0.3) is 0 Å². The van der Waals surface area contributed by atoms with Crippen LogP contribution in [0.1, 0.15) is 0 Å². The van der Waals surface area contributed by atoms with Crippen LogP contribution in [0, 0.1) is 0 Å². The third kappa shape index (κ3) is 5.61. The normalized spacial score (nSPS) is 10.1. The fourth-order valence-corrected chi connectivity index (χ4v) is 3.54. The van der Waals surface area contributed by atoms with Gasteiger partial charge in [-0.2, -0.15) is 12.4 Å². The molecule has 0 saturated carbocycles. The van der Waals surface area contributed by atoms with Crippen molar-refractivity contribution in [2.24, 2.45) is 0 Å². The van der Waals surface area contributed by atoms with Crippen LogP contribution in [0.4, 0.5) is 0 Å². The molecule has 0 aliphatic carbocycles. The van der Waals surface area contributed by atoms with Crippen LogP contribution in [0.15, 0.2) is 122 Å². The van der Waals surface area contributed by atoms with Gasteiger partial charge in [0, 0.05) is 36.2 Å². The van der Waals surface area contributed by atoms with Crippen LogP contribution in [0.3, 0.4) is 0 Å². The molecule has 0 bridgehead atoms. The van der Waals surface area contributed by atoms with Crippen molar-refractivity contribution < 1.29 is 17.1 Å². The van der Waals surface area contributed by atoms with Crippen molar-refractivity contribution >= 4 is 0 Å². The molecule has 0 saturated heterocycles. The summed E-state index contributed by atoms with van der Waals surface area (Å²) >= 11 is 0. The molecule has 0 N–H and O–H groups in total. The zero-order chi connectivity index (χ0) is 23.0. The van der Waals surface area contributed by atoms with E-state index < -0.39 is 0 Å². The molecule has 0 amide bonds. The van der Waals surface area contributed by atoms with Crippen LogP contribution < -0.4 is 9.97 Å². The predicted molar refractivity (Wildman–Crippen MR) is 132 cm³/mol. The molecular weight excluding hydrogens is 484 g/mol. The molecule has 0 atom stereocenters. The third-order valence-electron chi connectivity index (χ3n) is 5.10. The monoisotopic (exact) mass is 503 g/mol. The molecule has 6 aromatic rings. The number of hydrogen-bond acceptors (Lipinski definition) is 4. The second-order valence-corrected chi connectivity index (χ2v) is 7.27. The van der Waals surface area contributed by atoms with Crippen molar-refractivity contribution in [3.63, 3.8) is 0 Å². The molecule has 173 valence electrons. The van der Waals surface area contributed by atoms with Gasteiger partial charge in [-0.15, -0.1) is 11.4 Å². The maximum Gasteiger partial charge on any atom is 2.00 e. The molecule has 0 aliphatic heterocycles. The zero-order valence-corrected chi connectivity index (χ0v) is 19.5. The first-order chi connectivity index (χ1) is 16.9. The van der Waals surface area contributed by atoms with Gasteiger partial charge in [0.05, 0.1) is 11.4 Å². The van der Waals surface area contributed by atoms with E-state index in [-0.39, 0.29) is 17.1 Å². The predicted octanol–water partition coefficient (Wildman–Crippen LogP) is 5.53.